The fourth-order valence-electron chi connectivity index (χ4n) is 1.81. The van der Waals surface area contributed by atoms with E-state index in [-0.39, 0.29) is 25.5 Å². The van der Waals surface area contributed by atoms with Crippen LogP contribution in [0.25, 0.3) is 0 Å². The van der Waals surface area contributed by atoms with Crippen molar-refractivity contribution in [1.29, 1.82) is 0 Å². The predicted molar refractivity (Wildman–Crippen MR) is 71.9 cm³/mol. The topological polar surface area (TPSA) is 98.8 Å². The van der Waals surface area contributed by atoms with Gasteiger partial charge in [-0.1, -0.05) is 24.3 Å². The SMILES string of the molecule is NNC(=O)Cc1ccc(CN(CCO)CCO)cc1. The Morgan fingerprint density at radius 1 is 1.11 bits per heavy atom. The van der Waals surface area contributed by atoms with E-state index >= 15 is 0 Å². The van der Waals surface area contributed by atoms with Crippen molar-refractivity contribution in [3.8, 4) is 0 Å². The first kappa shape index (κ1) is 15.6. The highest BCUT2D eigenvalue weighted by Crippen LogP contribution is 2.08. The summed E-state index contributed by atoms with van der Waals surface area (Å²) in [4.78, 5) is 13.1. The van der Waals surface area contributed by atoms with Gasteiger partial charge in [0.2, 0.25) is 5.91 Å². The summed E-state index contributed by atoms with van der Waals surface area (Å²) in [7, 11) is 0. The first-order valence-electron chi connectivity index (χ1n) is 6.21. The summed E-state index contributed by atoms with van der Waals surface area (Å²) in [6, 6.07) is 7.61. The standard InChI is InChI=1S/C13H21N3O3/c14-15-13(19)9-11-1-3-12(4-2-11)10-16(5-7-17)6-8-18/h1-4,17-18H,5-10,14H2,(H,15,19). The molecule has 0 aliphatic carbocycles. The van der Waals surface area contributed by atoms with E-state index < -0.39 is 0 Å². The summed E-state index contributed by atoms with van der Waals surface area (Å²) >= 11 is 0. The average Bonchev–Trinajstić information content (AvgIpc) is 2.41. The Morgan fingerprint density at radius 2 is 1.63 bits per heavy atom. The van der Waals surface area contributed by atoms with E-state index in [1.165, 1.54) is 0 Å². The van der Waals surface area contributed by atoms with Gasteiger partial charge in [0, 0.05) is 19.6 Å². The van der Waals surface area contributed by atoms with Crippen molar-refractivity contribution in [2.24, 2.45) is 5.84 Å². The Kier molecular flexibility index (Phi) is 7.06. The zero-order valence-corrected chi connectivity index (χ0v) is 10.9. The van der Waals surface area contributed by atoms with Gasteiger partial charge in [-0.25, -0.2) is 5.84 Å². The van der Waals surface area contributed by atoms with Crippen LogP contribution in [0.1, 0.15) is 11.1 Å². The number of carbonyl (C=O) groups excluding carboxylic acids is 1. The van der Waals surface area contributed by atoms with Gasteiger partial charge < -0.3 is 10.2 Å². The molecule has 0 heterocycles. The molecule has 0 spiro atoms. The molecule has 0 unspecified atom stereocenters. The number of hydrogen-bond donors (Lipinski definition) is 4. The smallest absolute Gasteiger partial charge is 0.238 e. The second kappa shape index (κ2) is 8.60. The lowest BCUT2D eigenvalue weighted by Crippen LogP contribution is -2.31. The van der Waals surface area contributed by atoms with Gasteiger partial charge in [-0.15, -0.1) is 0 Å². The largest absolute Gasteiger partial charge is 0.395 e. The molecule has 6 heteroatoms. The fourth-order valence-corrected chi connectivity index (χ4v) is 1.81. The Hall–Kier alpha value is -1.47. The minimum absolute atomic E-state index is 0.0642. The van der Waals surface area contributed by atoms with Crippen LogP contribution in [0.3, 0.4) is 0 Å². The van der Waals surface area contributed by atoms with Gasteiger partial charge in [0.25, 0.3) is 0 Å². The minimum Gasteiger partial charge on any atom is -0.395 e. The fraction of sp³-hybridized carbons (Fsp3) is 0.462. The molecule has 1 amide bonds. The van der Waals surface area contributed by atoms with Crippen LogP contribution in [0.2, 0.25) is 0 Å². The second-order valence-corrected chi connectivity index (χ2v) is 4.28. The summed E-state index contributed by atoms with van der Waals surface area (Å²) < 4.78 is 0. The molecule has 0 saturated heterocycles. The second-order valence-electron chi connectivity index (χ2n) is 4.28. The van der Waals surface area contributed by atoms with Crippen LogP contribution >= 0.6 is 0 Å². The summed E-state index contributed by atoms with van der Waals surface area (Å²) in [5.41, 5.74) is 4.05. The summed E-state index contributed by atoms with van der Waals surface area (Å²) in [6.45, 7) is 1.84. The van der Waals surface area contributed by atoms with Crippen molar-refractivity contribution in [1.82, 2.24) is 10.3 Å². The van der Waals surface area contributed by atoms with E-state index in [1.54, 1.807) is 0 Å². The van der Waals surface area contributed by atoms with Crippen LogP contribution in [-0.2, 0) is 17.8 Å². The lowest BCUT2D eigenvalue weighted by atomic mass is 10.1. The molecule has 0 aromatic heterocycles. The number of aliphatic hydroxyl groups is 2. The maximum Gasteiger partial charge on any atom is 0.238 e. The maximum atomic E-state index is 11.1. The third-order valence-corrected chi connectivity index (χ3v) is 2.79. The third kappa shape index (κ3) is 5.80. The number of aliphatic hydroxyl groups excluding tert-OH is 2. The predicted octanol–water partition coefficient (Wildman–Crippen LogP) is -0.994. The molecule has 0 saturated carbocycles. The van der Waals surface area contributed by atoms with Crippen molar-refractivity contribution in [3.05, 3.63) is 35.4 Å². The molecule has 6 nitrogen and oxygen atoms in total. The quantitative estimate of drug-likeness (QED) is 0.275. The number of nitrogens with two attached hydrogens (primary N) is 1. The molecule has 106 valence electrons. The van der Waals surface area contributed by atoms with Crippen molar-refractivity contribution in [2.75, 3.05) is 26.3 Å². The molecule has 0 atom stereocenters. The normalized spacial score (nSPS) is 10.7. The van der Waals surface area contributed by atoms with Crippen molar-refractivity contribution >= 4 is 5.91 Å². The van der Waals surface area contributed by atoms with E-state index in [4.69, 9.17) is 16.1 Å². The number of hydrazine groups is 1. The van der Waals surface area contributed by atoms with Crippen molar-refractivity contribution < 1.29 is 15.0 Å². The summed E-state index contributed by atoms with van der Waals surface area (Å²) in [5.74, 6) is 4.80. The number of rotatable bonds is 8. The Morgan fingerprint density at radius 3 is 2.11 bits per heavy atom. The molecule has 0 bridgehead atoms. The van der Waals surface area contributed by atoms with Crippen LogP contribution < -0.4 is 11.3 Å². The highest BCUT2D eigenvalue weighted by Gasteiger charge is 2.06. The molecular formula is C13H21N3O3. The number of nitrogens with one attached hydrogen (secondary N) is 1. The Labute approximate surface area is 112 Å². The Balaban J connectivity index is 2.57. The molecule has 1 aromatic rings. The molecule has 1 rings (SSSR count). The zero-order valence-electron chi connectivity index (χ0n) is 10.9. The molecule has 19 heavy (non-hydrogen) atoms. The maximum absolute atomic E-state index is 11.1. The van der Waals surface area contributed by atoms with Gasteiger partial charge in [-0.2, -0.15) is 0 Å². The average molecular weight is 267 g/mol. The number of benzene rings is 1. The number of carbonyl (C=O) groups is 1. The molecule has 0 fully saturated rings. The van der Waals surface area contributed by atoms with Crippen molar-refractivity contribution in [3.63, 3.8) is 0 Å². The summed E-state index contributed by atoms with van der Waals surface area (Å²) in [5, 5.41) is 17.9. The van der Waals surface area contributed by atoms with E-state index in [0.29, 0.717) is 19.6 Å². The first-order chi connectivity index (χ1) is 9.19. The van der Waals surface area contributed by atoms with E-state index in [2.05, 4.69) is 5.43 Å². The number of nitrogens with zero attached hydrogens (tertiary/aromatic N) is 1. The Bertz CT molecular complexity index is 375. The van der Waals surface area contributed by atoms with Crippen LogP contribution in [0.15, 0.2) is 24.3 Å². The van der Waals surface area contributed by atoms with E-state index in [9.17, 15) is 4.79 Å². The highest BCUT2D eigenvalue weighted by molar-refractivity contribution is 5.77. The first-order valence-corrected chi connectivity index (χ1v) is 6.21. The van der Waals surface area contributed by atoms with Crippen molar-refractivity contribution in [2.45, 2.75) is 13.0 Å². The summed E-state index contributed by atoms with van der Waals surface area (Å²) in [6.07, 6.45) is 0.258. The van der Waals surface area contributed by atoms with Gasteiger partial charge in [0.05, 0.1) is 19.6 Å². The van der Waals surface area contributed by atoms with Gasteiger partial charge in [-0.3, -0.25) is 15.1 Å². The lowest BCUT2D eigenvalue weighted by Gasteiger charge is -2.20. The van der Waals surface area contributed by atoms with Crippen LogP contribution in [0.4, 0.5) is 0 Å². The molecule has 0 aliphatic heterocycles. The molecule has 0 aliphatic rings. The van der Waals surface area contributed by atoms with Gasteiger partial charge >= 0.3 is 0 Å². The molecular weight excluding hydrogens is 246 g/mol. The molecule has 0 radical (unpaired) electrons. The number of hydrogen-bond acceptors (Lipinski definition) is 5. The van der Waals surface area contributed by atoms with Crippen LogP contribution in [-0.4, -0.2) is 47.3 Å². The van der Waals surface area contributed by atoms with Gasteiger partial charge in [0.1, 0.15) is 0 Å². The lowest BCUT2D eigenvalue weighted by molar-refractivity contribution is -0.120. The zero-order chi connectivity index (χ0) is 14.1. The molecule has 5 N–H and O–H groups in total. The number of amides is 1. The van der Waals surface area contributed by atoms with E-state index in [1.807, 2.05) is 29.2 Å². The third-order valence-electron chi connectivity index (χ3n) is 2.79. The van der Waals surface area contributed by atoms with Crippen LogP contribution in [0, 0.1) is 0 Å². The van der Waals surface area contributed by atoms with E-state index in [0.717, 1.165) is 11.1 Å². The highest BCUT2D eigenvalue weighted by atomic mass is 16.3. The van der Waals surface area contributed by atoms with Gasteiger partial charge in [0.15, 0.2) is 0 Å². The minimum atomic E-state index is -0.227. The molecule has 1 aromatic carbocycles. The van der Waals surface area contributed by atoms with Crippen LogP contribution in [0.5, 0.6) is 0 Å². The van der Waals surface area contributed by atoms with Gasteiger partial charge in [-0.05, 0) is 11.1 Å². The monoisotopic (exact) mass is 267 g/mol.